The fourth-order valence-electron chi connectivity index (χ4n) is 5.18. The van der Waals surface area contributed by atoms with Gasteiger partial charge in [-0.3, -0.25) is 14.6 Å². The van der Waals surface area contributed by atoms with Crippen LogP contribution in [0.4, 0.5) is 5.69 Å². The fourth-order valence-corrected chi connectivity index (χ4v) is 5.18. The zero-order valence-corrected chi connectivity index (χ0v) is 16.7. The van der Waals surface area contributed by atoms with Gasteiger partial charge < -0.3 is 19.6 Å². The monoisotopic (exact) mass is 407 g/mol. The van der Waals surface area contributed by atoms with Crippen molar-refractivity contribution in [2.24, 2.45) is 5.92 Å². The Hall–Kier alpha value is -2.77. The van der Waals surface area contributed by atoms with E-state index in [4.69, 9.17) is 4.74 Å². The summed E-state index contributed by atoms with van der Waals surface area (Å²) in [5, 5.41) is 10.1. The molecule has 5 rings (SSSR count). The zero-order chi connectivity index (χ0) is 20.7. The number of rotatable bonds is 3. The van der Waals surface area contributed by atoms with Crippen LogP contribution in [0.25, 0.3) is 0 Å². The van der Waals surface area contributed by atoms with Crippen LogP contribution in [0.2, 0.25) is 0 Å². The number of aromatic nitrogens is 1. The number of carbonyl (C=O) groups is 2. The molecule has 0 unspecified atom stereocenters. The summed E-state index contributed by atoms with van der Waals surface area (Å²) in [4.78, 5) is 34.3. The van der Waals surface area contributed by atoms with Crippen LogP contribution in [-0.2, 0) is 9.53 Å². The molecule has 0 aliphatic carbocycles. The van der Waals surface area contributed by atoms with Gasteiger partial charge in [-0.25, -0.2) is 0 Å². The molecule has 156 valence electrons. The molecule has 1 aromatic heterocycles. The van der Waals surface area contributed by atoms with E-state index in [9.17, 15) is 14.7 Å². The first kappa shape index (κ1) is 19.2. The lowest BCUT2D eigenvalue weighted by molar-refractivity contribution is -0.157. The number of fused-ring (bicyclic) bond motifs is 3. The first-order valence-electron chi connectivity index (χ1n) is 10.5. The Morgan fingerprint density at radius 3 is 2.67 bits per heavy atom. The molecule has 4 heterocycles. The van der Waals surface area contributed by atoms with Crippen molar-refractivity contribution in [3.8, 4) is 0 Å². The summed E-state index contributed by atoms with van der Waals surface area (Å²) in [5.41, 5.74) is 2.39. The van der Waals surface area contributed by atoms with Gasteiger partial charge in [0.05, 0.1) is 24.3 Å². The lowest BCUT2D eigenvalue weighted by Crippen LogP contribution is -2.71. The number of aliphatic hydroxyl groups is 1. The van der Waals surface area contributed by atoms with Crippen molar-refractivity contribution in [1.82, 2.24) is 9.88 Å². The van der Waals surface area contributed by atoms with Gasteiger partial charge in [-0.2, -0.15) is 0 Å². The highest BCUT2D eigenvalue weighted by Gasteiger charge is 2.56. The van der Waals surface area contributed by atoms with Crippen molar-refractivity contribution in [2.75, 3.05) is 31.3 Å². The molecule has 2 aromatic rings. The summed E-state index contributed by atoms with van der Waals surface area (Å²) >= 11 is 0. The molecule has 3 atom stereocenters. The number of pyridine rings is 1. The lowest BCUT2D eigenvalue weighted by Gasteiger charge is -2.59. The molecule has 3 aliphatic heterocycles. The summed E-state index contributed by atoms with van der Waals surface area (Å²) < 4.78 is 5.41. The number of carbonyl (C=O) groups excluding carboxylic acids is 2. The molecule has 30 heavy (non-hydrogen) atoms. The van der Waals surface area contributed by atoms with Gasteiger partial charge in [0.1, 0.15) is 0 Å². The number of likely N-dealkylation sites (tertiary alicyclic amines) is 1. The summed E-state index contributed by atoms with van der Waals surface area (Å²) in [6.07, 6.45) is 4.63. The van der Waals surface area contributed by atoms with Crippen LogP contribution < -0.4 is 4.90 Å². The number of para-hydroxylation sites is 1. The molecule has 0 bridgehead atoms. The Kier molecular flexibility index (Phi) is 5.00. The van der Waals surface area contributed by atoms with Gasteiger partial charge in [-0.15, -0.1) is 0 Å². The molecular weight excluding hydrogens is 382 g/mol. The number of benzene rings is 1. The number of hydrogen-bond acceptors (Lipinski definition) is 5. The van der Waals surface area contributed by atoms with Gasteiger partial charge in [0.25, 0.3) is 5.91 Å². The van der Waals surface area contributed by atoms with Crippen LogP contribution >= 0.6 is 0 Å². The van der Waals surface area contributed by atoms with Gasteiger partial charge >= 0.3 is 0 Å². The SMILES string of the molecule is O=C(c1cccnc1)N1C[C@H]2[C@@H](c3ccccc31)[C@H](CO)N2C(=O)C1CCOCC1. The van der Waals surface area contributed by atoms with Crippen LogP contribution in [0.1, 0.15) is 34.7 Å². The van der Waals surface area contributed by atoms with E-state index in [0.717, 1.165) is 11.3 Å². The summed E-state index contributed by atoms with van der Waals surface area (Å²) in [7, 11) is 0. The average Bonchev–Trinajstić information content (AvgIpc) is 2.80. The first-order valence-corrected chi connectivity index (χ1v) is 10.5. The summed E-state index contributed by atoms with van der Waals surface area (Å²) in [6.45, 7) is 1.52. The van der Waals surface area contributed by atoms with Crippen molar-refractivity contribution in [3.63, 3.8) is 0 Å². The minimum atomic E-state index is -0.248. The van der Waals surface area contributed by atoms with E-state index in [1.54, 1.807) is 29.4 Å². The normalized spacial score (nSPS) is 25.8. The molecule has 1 N–H and O–H groups in total. The summed E-state index contributed by atoms with van der Waals surface area (Å²) in [6, 6.07) is 10.9. The third-order valence-electron chi connectivity index (χ3n) is 6.67. The average molecular weight is 407 g/mol. The van der Waals surface area contributed by atoms with E-state index in [1.165, 1.54) is 0 Å². The van der Waals surface area contributed by atoms with E-state index in [-0.39, 0.29) is 42.3 Å². The van der Waals surface area contributed by atoms with Crippen LogP contribution in [0.15, 0.2) is 48.8 Å². The Morgan fingerprint density at radius 2 is 1.93 bits per heavy atom. The highest BCUT2D eigenvalue weighted by atomic mass is 16.5. The Bertz CT molecular complexity index is 944. The number of anilines is 1. The second-order valence-corrected chi connectivity index (χ2v) is 8.19. The minimum absolute atomic E-state index is 0.0351. The Morgan fingerprint density at radius 1 is 1.13 bits per heavy atom. The van der Waals surface area contributed by atoms with Crippen LogP contribution in [0, 0.1) is 5.92 Å². The molecule has 7 heteroatoms. The third kappa shape index (κ3) is 3.00. The van der Waals surface area contributed by atoms with E-state index in [1.807, 2.05) is 29.2 Å². The van der Waals surface area contributed by atoms with Crippen LogP contribution in [0.5, 0.6) is 0 Å². The third-order valence-corrected chi connectivity index (χ3v) is 6.67. The zero-order valence-electron chi connectivity index (χ0n) is 16.7. The molecule has 0 spiro atoms. The highest BCUT2D eigenvalue weighted by molar-refractivity contribution is 6.07. The number of aliphatic hydroxyl groups excluding tert-OH is 1. The van der Waals surface area contributed by atoms with Gasteiger partial charge in [0, 0.05) is 49.7 Å². The number of nitrogens with zero attached hydrogens (tertiary/aromatic N) is 3. The second-order valence-electron chi connectivity index (χ2n) is 8.19. The molecular formula is C23H25N3O4. The molecule has 0 saturated carbocycles. The van der Waals surface area contributed by atoms with Crippen molar-refractivity contribution in [1.29, 1.82) is 0 Å². The molecule has 1 aromatic carbocycles. The molecule has 2 saturated heterocycles. The maximum atomic E-state index is 13.3. The maximum absolute atomic E-state index is 13.3. The van der Waals surface area contributed by atoms with Crippen LogP contribution in [0.3, 0.4) is 0 Å². The van der Waals surface area contributed by atoms with Gasteiger partial charge in [-0.1, -0.05) is 18.2 Å². The van der Waals surface area contributed by atoms with Crippen molar-refractivity contribution >= 4 is 17.5 Å². The van der Waals surface area contributed by atoms with E-state index in [0.29, 0.717) is 38.2 Å². The van der Waals surface area contributed by atoms with Gasteiger partial charge in [-0.05, 0) is 36.6 Å². The second kappa shape index (κ2) is 7.81. The standard InChI is InChI=1S/C23H25N3O4/c27-14-20-21-17-5-1-2-6-18(17)25(22(28)16-4-3-9-24-12-16)13-19(21)26(20)23(29)15-7-10-30-11-8-15/h1-6,9,12,15,19-21,27H,7-8,10-11,13-14H2/t19-,20-,21+/m0/s1. The largest absolute Gasteiger partial charge is 0.394 e. The fraction of sp³-hybridized carbons (Fsp3) is 0.435. The smallest absolute Gasteiger partial charge is 0.259 e. The Labute approximate surface area is 175 Å². The molecule has 7 nitrogen and oxygen atoms in total. The number of hydrogen-bond donors (Lipinski definition) is 1. The van der Waals surface area contributed by atoms with Crippen molar-refractivity contribution < 1.29 is 19.4 Å². The topological polar surface area (TPSA) is 83.0 Å². The molecule has 3 aliphatic rings. The summed E-state index contributed by atoms with van der Waals surface area (Å²) in [5.74, 6) is -0.0898. The van der Waals surface area contributed by atoms with Crippen LogP contribution in [-0.4, -0.2) is 65.3 Å². The number of ether oxygens (including phenoxy) is 1. The minimum Gasteiger partial charge on any atom is -0.394 e. The highest BCUT2D eigenvalue weighted by Crippen LogP contribution is 2.49. The van der Waals surface area contributed by atoms with Gasteiger partial charge in [0.2, 0.25) is 5.91 Å². The lowest BCUT2D eigenvalue weighted by atomic mass is 9.71. The molecule has 0 radical (unpaired) electrons. The number of amides is 2. The maximum Gasteiger partial charge on any atom is 0.259 e. The van der Waals surface area contributed by atoms with Crippen molar-refractivity contribution in [2.45, 2.75) is 30.8 Å². The predicted octanol–water partition coefficient (Wildman–Crippen LogP) is 1.82. The molecule has 2 amide bonds. The first-order chi connectivity index (χ1) is 14.7. The van der Waals surface area contributed by atoms with Gasteiger partial charge in [0.15, 0.2) is 0 Å². The van der Waals surface area contributed by atoms with E-state index < -0.39 is 0 Å². The van der Waals surface area contributed by atoms with E-state index in [2.05, 4.69) is 4.98 Å². The molecule has 2 fully saturated rings. The van der Waals surface area contributed by atoms with Crippen molar-refractivity contribution in [3.05, 3.63) is 59.9 Å². The van der Waals surface area contributed by atoms with E-state index >= 15 is 0 Å². The quantitative estimate of drug-likeness (QED) is 0.839. The Balaban J connectivity index is 1.49. The predicted molar refractivity (Wildman–Crippen MR) is 110 cm³/mol.